The Labute approximate surface area is 114 Å². The van der Waals surface area contributed by atoms with Crippen molar-refractivity contribution in [3.63, 3.8) is 0 Å². The normalized spacial score (nSPS) is 28.6. The Morgan fingerprint density at radius 2 is 2.32 bits per heavy atom. The Balaban J connectivity index is 1.74. The van der Waals surface area contributed by atoms with Gasteiger partial charge in [0, 0.05) is 19.8 Å². The van der Waals surface area contributed by atoms with E-state index < -0.39 is 0 Å². The van der Waals surface area contributed by atoms with Crippen molar-refractivity contribution in [2.24, 2.45) is 23.5 Å². The second-order valence-electron chi connectivity index (χ2n) is 6.10. The Kier molecular flexibility index (Phi) is 3.17. The number of hydrogen-bond donors (Lipinski definition) is 2. The first-order valence-corrected chi connectivity index (χ1v) is 7.15. The molecule has 3 N–H and O–H groups in total. The van der Waals surface area contributed by atoms with Crippen LogP contribution in [0.15, 0.2) is 18.3 Å². The number of aromatic nitrogens is 1. The van der Waals surface area contributed by atoms with E-state index in [1.165, 1.54) is 25.7 Å². The molecule has 102 valence electrons. The third-order valence-corrected chi connectivity index (χ3v) is 4.85. The Morgan fingerprint density at radius 3 is 2.95 bits per heavy atom. The molecule has 19 heavy (non-hydrogen) atoms. The maximum atomic E-state index is 7.63. The number of rotatable bonds is 4. The fraction of sp³-hybridized carbons (Fsp3) is 0.600. The van der Waals surface area contributed by atoms with E-state index in [-0.39, 0.29) is 5.84 Å². The van der Waals surface area contributed by atoms with E-state index in [2.05, 4.69) is 16.9 Å². The van der Waals surface area contributed by atoms with Crippen molar-refractivity contribution >= 4 is 11.5 Å². The molecule has 4 nitrogen and oxygen atoms in total. The summed E-state index contributed by atoms with van der Waals surface area (Å²) < 4.78 is 0. The molecule has 1 aromatic rings. The Hall–Kier alpha value is -1.58. The summed E-state index contributed by atoms with van der Waals surface area (Å²) in [5, 5.41) is 7.63. The molecule has 3 unspecified atom stereocenters. The van der Waals surface area contributed by atoms with Crippen LogP contribution >= 0.6 is 0 Å². The molecule has 0 aromatic carbocycles. The van der Waals surface area contributed by atoms with E-state index in [0.717, 1.165) is 30.0 Å². The first-order valence-electron chi connectivity index (χ1n) is 7.15. The monoisotopic (exact) mass is 258 g/mol. The average Bonchev–Trinajstić information content (AvgIpc) is 3.01. The van der Waals surface area contributed by atoms with Crippen LogP contribution in [0.2, 0.25) is 0 Å². The van der Waals surface area contributed by atoms with Crippen LogP contribution in [0.1, 0.15) is 31.4 Å². The highest BCUT2D eigenvalue weighted by Crippen LogP contribution is 2.48. The molecule has 0 amide bonds. The minimum Gasteiger partial charge on any atom is -0.382 e. The zero-order chi connectivity index (χ0) is 13.4. The highest BCUT2D eigenvalue weighted by atomic mass is 15.1. The molecule has 1 heterocycles. The summed E-state index contributed by atoms with van der Waals surface area (Å²) >= 11 is 0. The van der Waals surface area contributed by atoms with Gasteiger partial charge in [0.1, 0.15) is 11.5 Å². The van der Waals surface area contributed by atoms with Crippen LogP contribution in [0.5, 0.6) is 0 Å². The van der Waals surface area contributed by atoms with Crippen LogP contribution in [0.4, 0.5) is 5.69 Å². The molecule has 2 aliphatic carbocycles. The van der Waals surface area contributed by atoms with Gasteiger partial charge in [0.15, 0.2) is 0 Å². The van der Waals surface area contributed by atoms with Crippen LogP contribution < -0.4 is 10.6 Å². The van der Waals surface area contributed by atoms with Gasteiger partial charge < -0.3 is 10.6 Å². The van der Waals surface area contributed by atoms with Crippen molar-refractivity contribution in [3.05, 3.63) is 24.0 Å². The highest BCUT2D eigenvalue weighted by molar-refractivity contribution is 5.98. The van der Waals surface area contributed by atoms with Crippen LogP contribution in [-0.2, 0) is 0 Å². The van der Waals surface area contributed by atoms with Gasteiger partial charge in [-0.2, -0.15) is 0 Å². The zero-order valence-electron chi connectivity index (χ0n) is 11.5. The molecule has 2 aliphatic rings. The van der Waals surface area contributed by atoms with Gasteiger partial charge in [-0.3, -0.25) is 10.4 Å². The van der Waals surface area contributed by atoms with Crippen LogP contribution in [0.25, 0.3) is 0 Å². The number of nitrogens with two attached hydrogens (primary N) is 1. The quantitative estimate of drug-likeness (QED) is 0.643. The van der Waals surface area contributed by atoms with Gasteiger partial charge in [0.25, 0.3) is 0 Å². The number of nitrogens with zero attached hydrogens (tertiary/aromatic N) is 2. The Bertz CT molecular complexity index is 485. The number of anilines is 1. The van der Waals surface area contributed by atoms with Gasteiger partial charge in [-0.1, -0.05) is 6.42 Å². The summed E-state index contributed by atoms with van der Waals surface area (Å²) in [5.41, 5.74) is 7.20. The molecular weight excluding hydrogens is 236 g/mol. The number of nitrogen functional groups attached to an aromatic ring is 1. The lowest BCUT2D eigenvalue weighted by Gasteiger charge is -2.29. The van der Waals surface area contributed by atoms with E-state index in [1.807, 2.05) is 12.1 Å². The van der Waals surface area contributed by atoms with Crippen LogP contribution in [0, 0.1) is 23.2 Å². The maximum Gasteiger partial charge on any atom is 0.143 e. The van der Waals surface area contributed by atoms with Gasteiger partial charge in [-0.05, 0) is 49.1 Å². The molecule has 0 spiro atoms. The predicted molar refractivity (Wildman–Crippen MR) is 77.5 cm³/mol. The third-order valence-electron chi connectivity index (χ3n) is 4.85. The molecule has 4 heteroatoms. The van der Waals surface area contributed by atoms with E-state index >= 15 is 0 Å². The molecule has 0 radical (unpaired) electrons. The van der Waals surface area contributed by atoms with Crippen molar-refractivity contribution < 1.29 is 0 Å². The van der Waals surface area contributed by atoms with Crippen LogP contribution in [-0.4, -0.2) is 24.4 Å². The molecule has 3 rings (SSSR count). The number of nitrogens with one attached hydrogen (secondary N) is 1. The lowest BCUT2D eigenvalue weighted by molar-refractivity contribution is 0.337. The SMILES string of the molecule is CN(CC1CC2CCC1C2)c1cccnc1C(=N)N. The van der Waals surface area contributed by atoms with Gasteiger partial charge in [0.2, 0.25) is 0 Å². The summed E-state index contributed by atoms with van der Waals surface area (Å²) in [6, 6.07) is 3.93. The zero-order valence-corrected chi connectivity index (χ0v) is 11.5. The highest BCUT2D eigenvalue weighted by Gasteiger charge is 2.39. The standard InChI is InChI=1S/C15H22N4/c1-19(9-12-8-10-4-5-11(12)7-10)13-3-2-6-18-14(13)15(16)17/h2-3,6,10-12H,4-5,7-9H2,1H3,(H3,16,17). The second-order valence-corrected chi connectivity index (χ2v) is 6.10. The Morgan fingerprint density at radius 1 is 1.47 bits per heavy atom. The van der Waals surface area contributed by atoms with E-state index in [0.29, 0.717) is 5.69 Å². The number of fused-ring (bicyclic) bond motifs is 2. The van der Waals surface area contributed by atoms with Gasteiger partial charge in [0.05, 0.1) is 5.69 Å². The average molecular weight is 258 g/mol. The molecular formula is C15H22N4. The molecule has 2 saturated carbocycles. The number of hydrogen-bond acceptors (Lipinski definition) is 3. The molecule has 2 bridgehead atoms. The second kappa shape index (κ2) is 4.83. The molecule has 2 fully saturated rings. The van der Waals surface area contributed by atoms with Gasteiger partial charge in [-0.25, -0.2) is 0 Å². The summed E-state index contributed by atoms with van der Waals surface area (Å²) in [4.78, 5) is 6.46. The first kappa shape index (κ1) is 12.5. The van der Waals surface area contributed by atoms with Gasteiger partial charge >= 0.3 is 0 Å². The summed E-state index contributed by atoms with van der Waals surface area (Å²) in [6.07, 6.45) is 7.37. The lowest BCUT2D eigenvalue weighted by Crippen LogP contribution is -2.30. The summed E-state index contributed by atoms with van der Waals surface area (Å²) in [7, 11) is 2.09. The third kappa shape index (κ3) is 2.31. The van der Waals surface area contributed by atoms with E-state index in [4.69, 9.17) is 11.1 Å². The van der Waals surface area contributed by atoms with Crippen molar-refractivity contribution in [2.75, 3.05) is 18.5 Å². The largest absolute Gasteiger partial charge is 0.382 e. The molecule has 0 saturated heterocycles. The fourth-order valence-electron chi connectivity index (χ4n) is 3.96. The van der Waals surface area contributed by atoms with Crippen molar-refractivity contribution in [1.29, 1.82) is 5.41 Å². The number of amidine groups is 1. The molecule has 3 atom stereocenters. The topological polar surface area (TPSA) is 66.0 Å². The van der Waals surface area contributed by atoms with Crippen molar-refractivity contribution in [3.8, 4) is 0 Å². The van der Waals surface area contributed by atoms with Crippen molar-refractivity contribution in [2.45, 2.75) is 25.7 Å². The van der Waals surface area contributed by atoms with Crippen LogP contribution in [0.3, 0.4) is 0 Å². The summed E-state index contributed by atoms with van der Waals surface area (Å²) in [5.74, 6) is 2.76. The summed E-state index contributed by atoms with van der Waals surface area (Å²) in [6.45, 7) is 1.06. The lowest BCUT2D eigenvalue weighted by atomic mass is 9.88. The predicted octanol–water partition coefficient (Wildman–Crippen LogP) is 2.24. The maximum absolute atomic E-state index is 7.63. The smallest absolute Gasteiger partial charge is 0.143 e. The molecule has 0 aliphatic heterocycles. The van der Waals surface area contributed by atoms with Crippen molar-refractivity contribution in [1.82, 2.24) is 4.98 Å². The van der Waals surface area contributed by atoms with E-state index in [9.17, 15) is 0 Å². The minimum atomic E-state index is 0.0513. The number of pyridine rings is 1. The van der Waals surface area contributed by atoms with E-state index in [1.54, 1.807) is 6.20 Å². The van der Waals surface area contributed by atoms with Gasteiger partial charge in [-0.15, -0.1) is 0 Å². The molecule has 1 aromatic heterocycles. The first-order chi connectivity index (χ1) is 9.15. The minimum absolute atomic E-state index is 0.0513. The fourth-order valence-corrected chi connectivity index (χ4v) is 3.96.